The van der Waals surface area contributed by atoms with E-state index in [1.54, 1.807) is 35.2 Å². The Kier molecular flexibility index (Phi) is 6.56. The first-order chi connectivity index (χ1) is 14.0. The number of piperazine rings is 1. The Hall–Kier alpha value is -3.26. The van der Waals surface area contributed by atoms with Crippen LogP contribution in [-0.4, -0.2) is 72.4 Å². The van der Waals surface area contributed by atoms with Crippen molar-refractivity contribution in [1.29, 1.82) is 0 Å². The molecule has 0 saturated carbocycles. The van der Waals surface area contributed by atoms with Gasteiger partial charge in [0, 0.05) is 44.3 Å². The van der Waals surface area contributed by atoms with Crippen LogP contribution in [0.1, 0.15) is 38.0 Å². The summed E-state index contributed by atoms with van der Waals surface area (Å²) in [5.41, 5.74) is 1.60. The zero-order valence-electron chi connectivity index (χ0n) is 16.6. The van der Waals surface area contributed by atoms with Gasteiger partial charge in [-0.3, -0.25) is 14.6 Å². The van der Waals surface area contributed by atoms with Gasteiger partial charge in [0.15, 0.2) is 0 Å². The maximum atomic E-state index is 12.7. The van der Waals surface area contributed by atoms with Crippen LogP contribution in [0.2, 0.25) is 0 Å². The Morgan fingerprint density at radius 3 is 2.28 bits per heavy atom. The average molecular weight is 396 g/mol. The van der Waals surface area contributed by atoms with E-state index in [-0.39, 0.29) is 11.8 Å². The van der Waals surface area contributed by atoms with Gasteiger partial charge in [0.1, 0.15) is 0 Å². The predicted molar refractivity (Wildman–Crippen MR) is 108 cm³/mol. The lowest BCUT2D eigenvalue weighted by Crippen LogP contribution is -2.48. The summed E-state index contributed by atoms with van der Waals surface area (Å²) in [6.07, 6.45) is 2.90. The summed E-state index contributed by atoms with van der Waals surface area (Å²) in [6, 6.07) is 7.91. The van der Waals surface area contributed by atoms with Crippen molar-refractivity contribution >= 4 is 23.5 Å². The molecule has 1 fully saturated rings. The number of pyridine rings is 1. The van der Waals surface area contributed by atoms with Gasteiger partial charge in [-0.2, -0.15) is 0 Å². The Morgan fingerprint density at radius 2 is 1.66 bits per heavy atom. The minimum absolute atomic E-state index is 0.120. The maximum Gasteiger partial charge on any atom is 0.337 e. The van der Waals surface area contributed by atoms with Gasteiger partial charge in [0.2, 0.25) is 0 Å². The molecule has 3 rings (SSSR count). The van der Waals surface area contributed by atoms with Gasteiger partial charge in [-0.15, -0.1) is 0 Å². The van der Waals surface area contributed by atoms with Crippen LogP contribution in [0.25, 0.3) is 0 Å². The predicted octanol–water partition coefficient (Wildman–Crippen LogP) is 1.90. The highest BCUT2D eigenvalue weighted by Gasteiger charge is 2.22. The lowest BCUT2D eigenvalue weighted by atomic mass is 10.1. The number of nitrogens with zero attached hydrogens (tertiary/aromatic N) is 3. The topological polar surface area (TPSA) is 91.8 Å². The van der Waals surface area contributed by atoms with Crippen LogP contribution in [0.5, 0.6) is 0 Å². The van der Waals surface area contributed by atoms with E-state index in [0.717, 1.165) is 19.6 Å². The minimum atomic E-state index is -0.446. The Morgan fingerprint density at radius 1 is 1.00 bits per heavy atom. The number of aromatic nitrogens is 1. The van der Waals surface area contributed by atoms with Gasteiger partial charge < -0.3 is 19.9 Å². The van der Waals surface area contributed by atoms with Gasteiger partial charge in [-0.1, -0.05) is 6.92 Å². The summed E-state index contributed by atoms with van der Waals surface area (Å²) in [5, 5.41) is 2.74. The second kappa shape index (κ2) is 9.29. The van der Waals surface area contributed by atoms with Crippen LogP contribution in [0, 0.1) is 0 Å². The van der Waals surface area contributed by atoms with Gasteiger partial charge >= 0.3 is 5.97 Å². The smallest absolute Gasteiger partial charge is 0.337 e. The van der Waals surface area contributed by atoms with Crippen molar-refractivity contribution < 1.29 is 19.1 Å². The van der Waals surface area contributed by atoms with E-state index in [9.17, 15) is 14.4 Å². The number of carbonyl (C=O) groups is 3. The molecule has 8 nitrogen and oxygen atoms in total. The number of rotatable bonds is 5. The standard InChI is InChI=1S/C21H24N4O4/c1-3-24-8-10-25(11-9-24)20(27)17-12-16(13-22-14-17)19(26)23-18-6-4-15(5-7-18)21(28)29-2/h4-7,12-14H,3,8-11H2,1-2H3,(H,23,26). The fourth-order valence-electron chi connectivity index (χ4n) is 3.14. The number of benzene rings is 1. The number of nitrogens with one attached hydrogen (secondary N) is 1. The monoisotopic (exact) mass is 396 g/mol. The van der Waals surface area contributed by atoms with Crippen molar-refractivity contribution in [2.75, 3.05) is 45.2 Å². The lowest BCUT2D eigenvalue weighted by molar-refractivity contribution is 0.0599. The summed E-state index contributed by atoms with van der Waals surface area (Å²) in [4.78, 5) is 44.9. The number of likely N-dealkylation sites (N-methyl/N-ethyl adjacent to an activating group) is 1. The summed E-state index contributed by atoms with van der Waals surface area (Å²) in [5.74, 6) is -0.947. The highest BCUT2D eigenvalue weighted by atomic mass is 16.5. The number of amides is 2. The third-order valence-corrected chi connectivity index (χ3v) is 4.92. The van der Waals surface area contributed by atoms with Crippen LogP contribution < -0.4 is 5.32 Å². The van der Waals surface area contributed by atoms with Crippen molar-refractivity contribution in [3.63, 3.8) is 0 Å². The number of ether oxygens (including phenoxy) is 1. The molecule has 0 unspecified atom stereocenters. The quantitative estimate of drug-likeness (QED) is 0.776. The van der Waals surface area contributed by atoms with Gasteiger partial charge in [-0.25, -0.2) is 4.79 Å². The molecule has 1 aromatic carbocycles. The van der Waals surface area contributed by atoms with Crippen LogP contribution in [0.3, 0.4) is 0 Å². The lowest BCUT2D eigenvalue weighted by Gasteiger charge is -2.34. The highest BCUT2D eigenvalue weighted by Crippen LogP contribution is 2.14. The third-order valence-electron chi connectivity index (χ3n) is 4.92. The normalized spacial score (nSPS) is 14.3. The number of hydrogen-bond acceptors (Lipinski definition) is 6. The first kappa shape index (κ1) is 20.5. The van der Waals surface area contributed by atoms with Crippen LogP contribution in [-0.2, 0) is 4.74 Å². The average Bonchev–Trinajstić information content (AvgIpc) is 2.78. The molecule has 1 N–H and O–H groups in total. The fraction of sp³-hybridized carbons (Fsp3) is 0.333. The molecule has 152 valence electrons. The van der Waals surface area contributed by atoms with E-state index in [1.807, 2.05) is 0 Å². The van der Waals surface area contributed by atoms with Crippen molar-refractivity contribution in [2.24, 2.45) is 0 Å². The molecule has 8 heteroatoms. The van der Waals surface area contributed by atoms with Crippen LogP contribution >= 0.6 is 0 Å². The second-order valence-electron chi connectivity index (χ2n) is 6.71. The van der Waals surface area contributed by atoms with E-state index in [1.165, 1.54) is 19.5 Å². The van der Waals surface area contributed by atoms with Crippen LogP contribution in [0.4, 0.5) is 5.69 Å². The molecular weight excluding hydrogens is 372 g/mol. The molecule has 29 heavy (non-hydrogen) atoms. The maximum absolute atomic E-state index is 12.7. The van der Waals surface area contributed by atoms with Crippen molar-refractivity contribution in [3.8, 4) is 0 Å². The Bertz CT molecular complexity index is 890. The van der Waals surface area contributed by atoms with Gasteiger partial charge in [-0.05, 0) is 36.9 Å². The summed E-state index contributed by atoms with van der Waals surface area (Å²) in [6.45, 7) is 6.09. The van der Waals surface area contributed by atoms with Gasteiger partial charge in [0.25, 0.3) is 11.8 Å². The number of esters is 1. The Balaban J connectivity index is 1.66. The van der Waals surface area contributed by atoms with Crippen LogP contribution in [0.15, 0.2) is 42.7 Å². The zero-order valence-corrected chi connectivity index (χ0v) is 16.6. The molecule has 1 saturated heterocycles. The van der Waals surface area contributed by atoms with E-state index in [2.05, 4.69) is 26.9 Å². The highest BCUT2D eigenvalue weighted by molar-refractivity contribution is 6.06. The minimum Gasteiger partial charge on any atom is -0.465 e. The van der Waals surface area contributed by atoms with E-state index < -0.39 is 5.97 Å². The fourth-order valence-corrected chi connectivity index (χ4v) is 3.14. The zero-order chi connectivity index (χ0) is 20.8. The summed E-state index contributed by atoms with van der Waals surface area (Å²) < 4.78 is 4.65. The number of hydrogen-bond donors (Lipinski definition) is 1. The first-order valence-corrected chi connectivity index (χ1v) is 9.48. The van der Waals surface area contributed by atoms with E-state index in [0.29, 0.717) is 35.5 Å². The largest absolute Gasteiger partial charge is 0.465 e. The number of methoxy groups -OCH3 is 1. The molecular formula is C21H24N4O4. The molecule has 1 aromatic heterocycles. The summed E-state index contributed by atoms with van der Waals surface area (Å²) in [7, 11) is 1.31. The molecule has 0 radical (unpaired) electrons. The molecule has 1 aliphatic heterocycles. The third kappa shape index (κ3) is 4.97. The molecule has 2 aromatic rings. The van der Waals surface area contributed by atoms with Crippen molar-refractivity contribution in [3.05, 3.63) is 59.4 Å². The molecule has 2 heterocycles. The molecule has 0 atom stereocenters. The second-order valence-corrected chi connectivity index (χ2v) is 6.71. The number of carbonyl (C=O) groups excluding carboxylic acids is 3. The number of anilines is 1. The Labute approximate surface area is 169 Å². The summed E-state index contributed by atoms with van der Waals surface area (Å²) >= 11 is 0. The molecule has 0 aliphatic carbocycles. The van der Waals surface area contributed by atoms with E-state index in [4.69, 9.17) is 0 Å². The van der Waals surface area contributed by atoms with Gasteiger partial charge in [0.05, 0.1) is 23.8 Å². The molecule has 0 spiro atoms. The van der Waals surface area contributed by atoms with E-state index >= 15 is 0 Å². The molecule has 2 amide bonds. The van der Waals surface area contributed by atoms with Crippen molar-refractivity contribution in [2.45, 2.75) is 6.92 Å². The molecule has 1 aliphatic rings. The first-order valence-electron chi connectivity index (χ1n) is 9.48. The SMILES string of the molecule is CCN1CCN(C(=O)c2cncc(C(=O)Nc3ccc(C(=O)OC)cc3)c2)CC1. The van der Waals surface area contributed by atoms with Crippen molar-refractivity contribution in [1.82, 2.24) is 14.8 Å². The molecule has 0 bridgehead atoms.